The number of imide groups is 1. The van der Waals surface area contributed by atoms with Crippen molar-refractivity contribution in [3.63, 3.8) is 0 Å². The van der Waals surface area contributed by atoms with Crippen molar-refractivity contribution < 1.29 is 28.9 Å². The third kappa shape index (κ3) is 5.76. The zero-order valence-corrected chi connectivity index (χ0v) is 20.2. The Labute approximate surface area is 214 Å². The number of hydrogen-bond donors (Lipinski definition) is 0. The minimum Gasteiger partial charge on any atom is -0.493 e. The topological polar surface area (TPSA) is 142 Å². The summed E-state index contributed by atoms with van der Waals surface area (Å²) in [6.45, 7) is -0.144. The van der Waals surface area contributed by atoms with Crippen LogP contribution in [-0.2, 0) is 17.9 Å². The van der Waals surface area contributed by atoms with Crippen LogP contribution in [0.1, 0.15) is 16.7 Å². The zero-order valence-electron chi connectivity index (χ0n) is 19.4. The number of carbonyl (C=O) groups is 2. The number of thioether (sulfide) groups is 1. The maximum Gasteiger partial charge on any atom is 0.293 e. The van der Waals surface area contributed by atoms with Gasteiger partial charge in [0, 0.05) is 23.8 Å². The number of para-hydroxylation sites is 1. The van der Waals surface area contributed by atoms with E-state index in [4.69, 9.17) is 9.47 Å². The van der Waals surface area contributed by atoms with Crippen molar-refractivity contribution in [1.82, 2.24) is 4.90 Å². The average molecular weight is 522 g/mol. The molecule has 37 heavy (non-hydrogen) atoms. The van der Waals surface area contributed by atoms with E-state index < -0.39 is 21.0 Å². The number of carbonyl (C=O) groups excluding carboxylic acids is 2. The molecule has 0 bridgehead atoms. The van der Waals surface area contributed by atoms with E-state index in [1.165, 1.54) is 43.5 Å². The molecular formula is C25H19N3O8S. The number of amides is 2. The monoisotopic (exact) mass is 521 g/mol. The van der Waals surface area contributed by atoms with E-state index in [0.29, 0.717) is 22.6 Å². The Morgan fingerprint density at radius 2 is 1.73 bits per heavy atom. The highest BCUT2D eigenvalue weighted by molar-refractivity contribution is 8.18. The summed E-state index contributed by atoms with van der Waals surface area (Å²) < 4.78 is 11.2. The molecule has 0 radical (unpaired) electrons. The van der Waals surface area contributed by atoms with Gasteiger partial charge in [0.05, 0.1) is 28.4 Å². The van der Waals surface area contributed by atoms with Crippen molar-refractivity contribution in [2.45, 2.75) is 13.2 Å². The minimum atomic E-state index is -0.557. The van der Waals surface area contributed by atoms with Crippen LogP contribution in [0, 0.1) is 20.2 Å². The molecule has 1 saturated heterocycles. The molecule has 0 aliphatic carbocycles. The number of rotatable bonds is 9. The minimum absolute atomic E-state index is 0.0424. The average Bonchev–Trinajstić information content (AvgIpc) is 3.15. The third-order valence-corrected chi connectivity index (χ3v) is 6.30. The summed E-state index contributed by atoms with van der Waals surface area (Å²) in [5.41, 5.74) is 1.21. The van der Waals surface area contributed by atoms with Gasteiger partial charge in [-0.15, -0.1) is 0 Å². The number of non-ortho nitro benzene ring substituents is 1. The highest BCUT2D eigenvalue weighted by Crippen LogP contribution is 2.36. The Hall–Kier alpha value is -4.71. The number of hydrogen-bond acceptors (Lipinski definition) is 9. The second-order valence-electron chi connectivity index (χ2n) is 7.78. The third-order valence-electron chi connectivity index (χ3n) is 5.39. The molecule has 11 nitrogen and oxygen atoms in total. The van der Waals surface area contributed by atoms with Gasteiger partial charge in [0.25, 0.3) is 22.5 Å². The lowest BCUT2D eigenvalue weighted by Gasteiger charge is -2.12. The van der Waals surface area contributed by atoms with Crippen LogP contribution >= 0.6 is 11.8 Å². The molecule has 3 aromatic rings. The second kappa shape index (κ2) is 10.9. The summed E-state index contributed by atoms with van der Waals surface area (Å²) in [5, 5.41) is 21.7. The predicted molar refractivity (Wildman–Crippen MR) is 135 cm³/mol. The number of ether oxygens (including phenoxy) is 2. The molecule has 188 valence electrons. The fourth-order valence-electron chi connectivity index (χ4n) is 3.59. The summed E-state index contributed by atoms with van der Waals surface area (Å²) in [4.78, 5) is 47.7. The SMILES string of the molecule is COc1cc(/C=C2/SC(=O)N(Cc3ccccc3[N+](=O)[O-])C2=O)ccc1OCc1cccc([N+](=O)[O-])c1. The van der Waals surface area contributed by atoms with Crippen molar-refractivity contribution in [3.05, 3.63) is 109 Å². The van der Waals surface area contributed by atoms with E-state index in [2.05, 4.69) is 0 Å². The lowest BCUT2D eigenvalue weighted by atomic mass is 10.1. The van der Waals surface area contributed by atoms with E-state index in [0.717, 1.165) is 16.7 Å². The Morgan fingerprint density at radius 3 is 2.46 bits per heavy atom. The number of nitro groups is 2. The molecule has 2 amide bonds. The van der Waals surface area contributed by atoms with Crippen molar-refractivity contribution in [3.8, 4) is 11.5 Å². The summed E-state index contributed by atoms with van der Waals surface area (Å²) in [6.07, 6.45) is 1.52. The van der Waals surface area contributed by atoms with Crippen molar-refractivity contribution in [2.24, 2.45) is 0 Å². The first-order valence-corrected chi connectivity index (χ1v) is 11.6. The quantitative estimate of drug-likeness (QED) is 0.207. The van der Waals surface area contributed by atoms with E-state index in [-0.39, 0.29) is 35.0 Å². The first-order valence-electron chi connectivity index (χ1n) is 10.8. The summed E-state index contributed by atoms with van der Waals surface area (Å²) in [7, 11) is 1.44. The van der Waals surface area contributed by atoms with Crippen LogP contribution in [0.3, 0.4) is 0 Å². The van der Waals surface area contributed by atoms with Crippen LogP contribution < -0.4 is 9.47 Å². The first kappa shape index (κ1) is 25.4. The summed E-state index contributed by atoms with van der Waals surface area (Å²) >= 11 is 0.741. The molecule has 1 aliphatic rings. The molecule has 0 atom stereocenters. The molecule has 0 saturated carbocycles. The molecule has 12 heteroatoms. The molecule has 3 aromatic carbocycles. The van der Waals surface area contributed by atoms with Gasteiger partial charge < -0.3 is 9.47 Å². The van der Waals surface area contributed by atoms with Gasteiger partial charge in [-0.1, -0.05) is 36.4 Å². The summed E-state index contributed by atoms with van der Waals surface area (Å²) in [6, 6.07) is 16.9. The Morgan fingerprint density at radius 1 is 0.946 bits per heavy atom. The van der Waals surface area contributed by atoms with Crippen LogP contribution in [-0.4, -0.2) is 33.0 Å². The number of nitro benzene ring substituents is 2. The molecule has 0 spiro atoms. The maximum atomic E-state index is 12.9. The van der Waals surface area contributed by atoms with Crippen molar-refractivity contribution >= 4 is 40.4 Å². The molecule has 4 rings (SSSR count). The fourth-order valence-corrected chi connectivity index (χ4v) is 4.43. The highest BCUT2D eigenvalue weighted by atomic mass is 32.2. The largest absolute Gasteiger partial charge is 0.493 e. The smallest absolute Gasteiger partial charge is 0.293 e. The fraction of sp³-hybridized carbons (Fsp3) is 0.120. The standard InChI is InChI=1S/C25H19N3O8S/c1-35-22-12-16(9-10-21(22)36-15-17-5-4-7-19(11-17)27(31)32)13-23-24(29)26(25(30)37-23)14-18-6-2-3-8-20(18)28(33)34/h2-13H,14-15H2,1H3/b23-13+. The second-order valence-corrected chi connectivity index (χ2v) is 8.77. The van der Waals surface area contributed by atoms with E-state index >= 15 is 0 Å². The van der Waals surface area contributed by atoms with Gasteiger partial charge in [0.1, 0.15) is 6.61 Å². The molecule has 0 aromatic heterocycles. The first-order chi connectivity index (χ1) is 17.8. The predicted octanol–water partition coefficient (Wildman–Crippen LogP) is 5.33. The van der Waals surface area contributed by atoms with Gasteiger partial charge in [-0.25, -0.2) is 0 Å². The zero-order chi connectivity index (χ0) is 26.5. The number of methoxy groups -OCH3 is 1. The van der Waals surface area contributed by atoms with Gasteiger partial charge >= 0.3 is 0 Å². The van der Waals surface area contributed by atoms with Crippen LogP contribution in [0.15, 0.2) is 71.6 Å². The number of benzene rings is 3. The molecule has 0 unspecified atom stereocenters. The van der Waals surface area contributed by atoms with E-state index in [1.807, 2.05) is 0 Å². The van der Waals surface area contributed by atoms with E-state index in [9.17, 15) is 29.8 Å². The van der Waals surface area contributed by atoms with Crippen LogP contribution in [0.25, 0.3) is 6.08 Å². The maximum absolute atomic E-state index is 12.9. The Bertz CT molecular complexity index is 1440. The van der Waals surface area contributed by atoms with Gasteiger partial charge in [0.15, 0.2) is 11.5 Å². The van der Waals surface area contributed by atoms with Crippen LogP contribution in [0.4, 0.5) is 16.2 Å². The normalized spacial score (nSPS) is 14.2. The molecule has 1 aliphatic heterocycles. The van der Waals surface area contributed by atoms with Gasteiger partial charge in [0.2, 0.25) is 0 Å². The van der Waals surface area contributed by atoms with Crippen molar-refractivity contribution in [2.75, 3.05) is 7.11 Å². The van der Waals surface area contributed by atoms with Gasteiger partial charge in [-0.3, -0.25) is 34.7 Å². The Balaban J connectivity index is 1.50. The lowest BCUT2D eigenvalue weighted by molar-refractivity contribution is -0.385. The Kier molecular flexibility index (Phi) is 7.49. The van der Waals surface area contributed by atoms with Crippen molar-refractivity contribution in [1.29, 1.82) is 0 Å². The summed E-state index contributed by atoms with van der Waals surface area (Å²) in [5.74, 6) is 0.187. The molecule has 1 fully saturated rings. The molecule has 0 N–H and O–H groups in total. The van der Waals surface area contributed by atoms with Crippen LogP contribution in [0.2, 0.25) is 0 Å². The van der Waals surface area contributed by atoms with Gasteiger partial charge in [-0.2, -0.15) is 0 Å². The van der Waals surface area contributed by atoms with Gasteiger partial charge in [-0.05, 0) is 41.1 Å². The molecule has 1 heterocycles. The highest BCUT2D eigenvalue weighted by Gasteiger charge is 2.36. The number of nitrogens with zero attached hydrogens (tertiary/aromatic N) is 3. The lowest BCUT2D eigenvalue weighted by Crippen LogP contribution is -2.27. The molecular weight excluding hydrogens is 502 g/mol. The van der Waals surface area contributed by atoms with Crippen LogP contribution in [0.5, 0.6) is 11.5 Å². The van der Waals surface area contributed by atoms with E-state index in [1.54, 1.807) is 36.4 Å².